The molecule has 3 heterocycles. The quantitative estimate of drug-likeness (QED) is 0.859. The van der Waals surface area contributed by atoms with Crippen LogP contribution < -0.4 is 0 Å². The van der Waals surface area contributed by atoms with Gasteiger partial charge in [0.25, 0.3) is 5.91 Å². The molecular weight excluding hydrogens is 278 g/mol. The Labute approximate surface area is 130 Å². The summed E-state index contributed by atoms with van der Waals surface area (Å²) in [5.74, 6) is 1.61. The molecule has 1 fully saturated rings. The van der Waals surface area contributed by atoms with E-state index in [4.69, 9.17) is 0 Å². The van der Waals surface area contributed by atoms with E-state index in [9.17, 15) is 4.79 Å². The lowest BCUT2D eigenvalue weighted by molar-refractivity contribution is 0.0774. The average molecular weight is 301 g/mol. The van der Waals surface area contributed by atoms with Gasteiger partial charge in [-0.1, -0.05) is 13.8 Å². The highest BCUT2D eigenvalue weighted by atomic mass is 16.2. The van der Waals surface area contributed by atoms with Gasteiger partial charge in [0, 0.05) is 37.7 Å². The molecule has 0 aromatic carbocycles. The summed E-state index contributed by atoms with van der Waals surface area (Å²) in [4.78, 5) is 25.4. The van der Waals surface area contributed by atoms with Gasteiger partial charge in [0.1, 0.15) is 5.69 Å². The predicted octanol–water partition coefficient (Wildman–Crippen LogP) is 1.39. The molecule has 1 aliphatic rings. The predicted molar refractivity (Wildman–Crippen MR) is 84.7 cm³/mol. The van der Waals surface area contributed by atoms with E-state index >= 15 is 0 Å². The second-order valence-electron chi connectivity index (χ2n) is 6.60. The Morgan fingerprint density at radius 1 is 1.36 bits per heavy atom. The molecule has 1 saturated heterocycles. The number of hydrogen-bond donors (Lipinski definition) is 0. The molecule has 0 aliphatic carbocycles. The van der Waals surface area contributed by atoms with Gasteiger partial charge in [-0.2, -0.15) is 0 Å². The number of amides is 1. The summed E-state index contributed by atoms with van der Waals surface area (Å²) in [7, 11) is 4.17. The highest BCUT2D eigenvalue weighted by molar-refractivity contribution is 5.93. The van der Waals surface area contributed by atoms with Gasteiger partial charge in [0.15, 0.2) is 0 Å². The third kappa shape index (κ3) is 2.59. The van der Waals surface area contributed by atoms with E-state index < -0.39 is 0 Å². The molecule has 6 nitrogen and oxygen atoms in total. The van der Waals surface area contributed by atoms with Crippen LogP contribution in [-0.4, -0.2) is 63.3 Å². The van der Waals surface area contributed by atoms with Crippen LogP contribution in [0.15, 0.2) is 24.7 Å². The number of rotatable bonds is 3. The summed E-state index contributed by atoms with van der Waals surface area (Å²) in [6.07, 6.45) is 5.30. The van der Waals surface area contributed by atoms with Crippen molar-refractivity contribution in [2.24, 2.45) is 11.8 Å². The molecule has 0 saturated carbocycles. The minimum atomic E-state index is 0.000463. The van der Waals surface area contributed by atoms with Gasteiger partial charge in [-0.15, -0.1) is 0 Å². The number of likely N-dealkylation sites (tertiary alicyclic amines) is 1. The van der Waals surface area contributed by atoms with Crippen LogP contribution in [0.1, 0.15) is 24.3 Å². The van der Waals surface area contributed by atoms with Crippen LogP contribution in [0.2, 0.25) is 0 Å². The number of hydrogen-bond acceptors (Lipinski definition) is 4. The molecule has 3 rings (SSSR count). The number of carbonyl (C=O) groups is 1. The average Bonchev–Trinajstić information content (AvgIpc) is 3.10. The summed E-state index contributed by atoms with van der Waals surface area (Å²) in [5, 5.41) is 0. The maximum atomic E-state index is 12.8. The molecule has 0 N–H and O–H groups in total. The van der Waals surface area contributed by atoms with E-state index in [-0.39, 0.29) is 5.91 Å². The minimum absolute atomic E-state index is 0.000463. The molecule has 118 valence electrons. The zero-order valence-corrected chi connectivity index (χ0v) is 13.6. The van der Waals surface area contributed by atoms with Crippen molar-refractivity contribution >= 4 is 11.7 Å². The largest absolute Gasteiger partial charge is 0.335 e. The first-order valence-electron chi connectivity index (χ1n) is 7.73. The van der Waals surface area contributed by atoms with E-state index in [2.05, 4.69) is 42.8 Å². The van der Waals surface area contributed by atoms with Gasteiger partial charge in [0.05, 0.1) is 0 Å². The van der Waals surface area contributed by atoms with Crippen molar-refractivity contribution < 1.29 is 4.79 Å². The Morgan fingerprint density at radius 2 is 2.14 bits per heavy atom. The Balaban J connectivity index is 1.83. The van der Waals surface area contributed by atoms with Crippen molar-refractivity contribution in [3.63, 3.8) is 0 Å². The number of likely N-dealkylation sites (N-methyl/N-ethyl adjacent to an activating group) is 1. The van der Waals surface area contributed by atoms with E-state index in [1.54, 1.807) is 16.8 Å². The maximum Gasteiger partial charge on any atom is 0.274 e. The molecule has 2 atom stereocenters. The van der Waals surface area contributed by atoms with Gasteiger partial charge in [-0.3, -0.25) is 9.20 Å². The summed E-state index contributed by atoms with van der Waals surface area (Å²) in [6, 6.07) is 2.23. The topological polar surface area (TPSA) is 53.7 Å². The molecule has 2 aromatic rings. The minimum Gasteiger partial charge on any atom is -0.335 e. The van der Waals surface area contributed by atoms with Gasteiger partial charge in [0.2, 0.25) is 5.78 Å². The number of carbonyl (C=O) groups excluding carboxylic acids is 1. The third-order valence-electron chi connectivity index (χ3n) is 4.59. The lowest BCUT2D eigenvalue weighted by Crippen LogP contribution is -2.37. The van der Waals surface area contributed by atoms with E-state index in [0.29, 0.717) is 29.3 Å². The lowest BCUT2D eigenvalue weighted by atomic mass is 9.91. The van der Waals surface area contributed by atoms with Crippen LogP contribution in [0.25, 0.3) is 5.78 Å². The Hall–Kier alpha value is -1.95. The fraction of sp³-hybridized carbons (Fsp3) is 0.562. The normalized spacial score (nSPS) is 22.2. The van der Waals surface area contributed by atoms with Crippen molar-refractivity contribution in [3.8, 4) is 0 Å². The highest BCUT2D eigenvalue weighted by Crippen LogP contribution is 2.28. The van der Waals surface area contributed by atoms with E-state index in [1.165, 1.54) is 0 Å². The highest BCUT2D eigenvalue weighted by Gasteiger charge is 2.38. The molecule has 2 aromatic heterocycles. The van der Waals surface area contributed by atoms with Crippen LogP contribution in [0.4, 0.5) is 0 Å². The number of fused-ring (bicyclic) bond motifs is 1. The van der Waals surface area contributed by atoms with E-state index in [0.717, 1.165) is 13.1 Å². The number of aromatic nitrogens is 3. The second-order valence-corrected chi connectivity index (χ2v) is 6.60. The second kappa shape index (κ2) is 5.68. The van der Waals surface area contributed by atoms with Gasteiger partial charge in [-0.25, -0.2) is 9.97 Å². The standard InChI is InChI=1S/C16H23N5O/c1-11(2)12-8-21(10-14(12)19(3)4)15(22)13-9-20-7-5-6-17-16(20)18-13/h5-7,9,11-12,14H,8,10H2,1-4H3/t12-,14+/m0/s1. The third-order valence-corrected chi connectivity index (χ3v) is 4.59. The molecule has 0 bridgehead atoms. The Morgan fingerprint density at radius 3 is 2.73 bits per heavy atom. The van der Waals surface area contributed by atoms with Crippen molar-refractivity contribution in [1.29, 1.82) is 0 Å². The van der Waals surface area contributed by atoms with Gasteiger partial charge in [-0.05, 0) is 32.0 Å². The van der Waals surface area contributed by atoms with Crippen LogP contribution in [0.3, 0.4) is 0 Å². The summed E-state index contributed by atoms with van der Waals surface area (Å²) < 4.78 is 1.78. The van der Waals surface area contributed by atoms with E-state index in [1.807, 2.05) is 17.2 Å². The van der Waals surface area contributed by atoms with Gasteiger partial charge >= 0.3 is 0 Å². The molecule has 0 unspecified atom stereocenters. The van der Waals surface area contributed by atoms with Crippen LogP contribution in [-0.2, 0) is 0 Å². The van der Waals surface area contributed by atoms with Crippen LogP contribution in [0, 0.1) is 11.8 Å². The molecule has 6 heteroatoms. The molecule has 1 aliphatic heterocycles. The Bertz CT molecular complexity index is 629. The maximum absolute atomic E-state index is 12.8. The van der Waals surface area contributed by atoms with Crippen molar-refractivity contribution in [2.75, 3.05) is 27.2 Å². The zero-order valence-electron chi connectivity index (χ0n) is 13.6. The summed E-state index contributed by atoms with van der Waals surface area (Å²) in [5.41, 5.74) is 0.473. The van der Waals surface area contributed by atoms with Crippen molar-refractivity contribution in [2.45, 2.75) is 19.9 Å². The monoisotopic (exact) mass is 301 g/mol. The summed E-state index contributed by atoms with van der Waals surface area (Å²) in [6.45, 7) is 6.00. The smallest absolute Gasteiger partial charge is 0.274 e. The number of imidazole rings is 1. The fourth-order valence-electron chi connectivity index (χ4n) is 3.27. The van der Waals surface area contributed by atoms with Crippen LogP contribution in [0.5, 0.6) is 0 Å². The molecule has 22 heavy (non-hydrogen) atoms. The Kier molecular flexibility index (Phi) is 3.87. The molecule has 0 spiro atoms. The first kappa shape index (κ1) is 15.0. The molecule has 0 radical (unpaired) electrons. The first-order chi connectivity index (χ1) is 10.5. The van der Waals surface area contributed by atoms with Crippen LogP contribution >= 0.6 is 0 Å². The molecular formula is C16H23N5O. The molecule has 1 amide bonds. The SMILES string of the molecule is CC(C)[C@@H]1CN(C(=O)c2cn3cccnc3n2)C[C@H]1N(C)C. The number of nitrogens with zero attached hydrogens (tertiary/aromatic N) is 5. The van der Waals surface area contributed by atoms with Crippen molar-refractivity contribution in [1.82, 2.24) is 24.2 Å². The first-order valence-corrected chi connectivity index (χ1v) is 7.73. The van der Waals surface area contributed by atoms with Crippen molar-refractivity contribution in [3.05, 3.63) is 30.4 Å². The summed E-state index contributed by atoms with van der Waals surface area (Å²) >= 11 is 0. The lowest BCUT2D eigenvalue weighted by Gasteiger charge is -2.27. The fourth-order valence-corrected chi connectivity index (χ4v) is 3.27. The zero-order chi connectivity index (χ0) is 15.9. The van der Waals surface area contributed by atoms with Gasteiger partial charge < -0.3 is 9.80 Å².